The van der Waals surface area contributed by atoms with Gasteiger partial charge >= 0.3 is 0 Å². The van der Waals surface area contributed by atoms with Gasteiger partial charge < -0.3 is 0 Å². The third-order valence-corrected chi connectivity index (χ3v) is 11.6. The Labute approximate surface area is 310 Å². The van der Waals surface area contributed by atoms with Crippen molar-refractivity contribution in [3.63, 3.8) is 0 Å². The van der Waals surface area contributed by atoms with E-state index in [4.69, 9.17) is 9.97 Å². The second-order valence-corrected chi connectivity index (χ2v) is 14.6. The molecule has 0 saturated carbocycles. The predicted octanol–water partition coefficient (Wildman–Crippen LogP) is 13.2. The highest BCUT2D eigenvalue weighted by molar-refractivity contribution is 6.09. The molecule has 0 fully saturated rings. The standard InChI is InChI=1S/C50H39N3/c1-30-16-5-8-19-36(30)37-23-15-24-38(32(37)3)48-50(52-44-26-13-12-25-43(44)51-48)53-45-27-14-11-22-41(45)47-40-21-10-9-20-39(40)46(33(4)49(47)53)42-29-35-18-7-6-17-34(35)28-31(42)2/h5-21,23-29,41H,22H2,1-4H3. The molecule has 3 nitrogen and oxygen atoms in total. The first-order valence-electron chi connectivity index (χ1n) is 18.6. The molecule has 53 heavy (non-hydrogen) atoms. The molecule has 1 unspecified atom stereocenters. The Kier molecular flexibility index (Phi) is 7.19. The topological polar surface area (TPSA) is 29.0 Å². The largest absolute Gasteiger partial charge is 0.296 e. The highest BCUT2D eigenvalue weighted by atomic mass is 15.2. The monoisotopic (exact) mass is 681 g/mol. The van der Waals surface area contributed by atoms with E-state index in [0.717, 1.165) is 34.5 Å². The maximum atomic E-state index is 5.57. The molecule has 0 bridgehead atoms. The first kappa shape index (κ1) is 31.4. The van der Waals surface area contributed by atoms with Crippen molar-refractivity contribution in [1.29, 1.82) is 0 Å². The lowest BCUT2D eigenvalue weighted by atomic mass is 9.83. The van der Waals surface area contributed by atoms with E-state index in [0.29, 0.717) is 0 Å². The van der Waals surface area contributed by atoms with Crippen molar-refractivity contribution in [3.8, 4) is 33.5 Å². The van der Waals surface area contributed by atoms with Gasteiger partial charge in [-0.15, -0.1) is 0 Å². The minimum Gasteiger partial charge on any atom is -0.296 e. The number of hydrogen-bond acceptors (Lipinski definition) is 3. The molecular weight excluding hydrogens is 643 g/mol. The fraction of sp³-hybridized carbons (Fsp3) is 0.120. The molecule has 8 aromatic rings. The Hall–Kier alpha value is -6.32. The first-order chi connectivity index (χ1) is 26.0. The summed E-state index contributed by atoms with van der Waals surface area (Å²) in [6.07, 6.45) is 7.77. The summed E-state index contributed by atoms with van der Waals surface area (Å²) < 4.78 is 0. The molecule has 0 amide bonds. The Balaban J connectivity index is 1.30. The van der Waals surface area contributed by atoms with Gasteiger partial charge in [0, 0.05) is 17.2 Å². The maximum Gasteiger partial charge on any atom is 0.164 e. The van der Waals surface area contributed by atoms with Crippen LogP contribution in [0.3, 0.4) is 0 Å². The van der Waals surface area contributed by atoms with Crippen molar-refractivity contribution in [2.24, 2.45) is 0 Å². The molecule has 1 aromatic heterocycles. The Morgan fingerprint density at radius 3 is 2.04 bits per heavy atom. The van der Waals surface area contributed by atoms with E-state index in [2.05, 4.69) is 178 Å². The van der Waals surface area contributed by atoms with Crippen molar-refractivity contribution in [2.75, 3.05) is 4.90 Å². The van der Waals surface area contributed by atoms with Gasteiger partial charge in [-0.1, -0.05) is 121 Å². The fourth-order valence-corrected chi connectivity index (χ4v) is 9.06. The summed E-state index contributed by atoms with van der Waals surface area (Å²) in [6.45, 7) is 9.01. The quantitative estimate of drug-likeness (QED) is 0.185. The number of aryl methyl sites for hydroxylation is 2. The van der Waals surface area contributed by atoms with E-state index in [1.807, 2.05) is 0 Å². The first-order valence-corrected chi connectivity index (χ1v) is 18.6. The van der Waals surface area contributed by atoms with Gasteiger partial charge in [0.05, 0.1) is 16.7 Å². The lowest BCUT2D eigenvalue weighted by Gasteiger charge is -2.28. The zero-order valence-corrected chi connectivity index (χ0v) is 30.5. The smallest absolute Gasteiger partial charge is 0.164 e. The third kappa shape index (κ3) is 4.80. The molecule has 3 heteroatoms. The summed E-state index contributed by atoms with van der Waals surface area (Å²) in [5.41, 5.74) is 17.6. The van der Waals surface area contributed by atoms with Crippen molar-refractivity contribution >= 4 is 44.1 Å². The zero-order chi connectivity index (χ0) is 35.8. The van der Waals surface area contributed by atoms with E-state index in [1.54, 1.807) is 0 Å². The normalized spacial score (nSPS) is 14.9. The molecule has 0 N–H and O–H groups in total. The summed E-state index contributed by atoms with van der Waals surface area (Å²) in [5, 5.41) is 5.11. The Morgan fingerprint density at radius 2 is 1.23 bits per heavy atom. The van der Waals surface area contributed by atoms with Gasteiger partial charge in [-0.05, 0) is 130 Å². The van der Waals surface area contributed by atoms with Gasteiger partial charge in [0.15, 0.2) is 5.82 Å². The van der Waals surface area contributed by atoms with Crippen LogP contribution in [0.4, 0.5) is 11.5 Å². The SMILES string of the molecule is Cc1ccccc1-c1cccc(-c2nc3ccccc3nc2N2C3=CC=CCC3c3c2c(C)c(-c2cc4ccccc4cc2C)c2ccccc32)c1C. The summed E-state index contributed by atoms with van der Waals surface area (Å²) in [4.78, 5) is 13.5. The van der Waals surface area contributed by atoms with Crippen LogP contribution in [-0.4, -0.2) is 9.97 Å². The summed E-state index contributed by atoms with van der Waals surface area (Å²) in [7, 11) is 0. The number of nitrogens with zero attached hydrogens (tertiary/aromatic N) is 3. The van der Waals surface area contributed by atoms with Crippen molar-refractivity contribution in [2.45, 2.75) is 40.0 Å². The summed E-state index contributed by atoms with van der Waals surface area (Å²) in [6, 6.07) is 46.0. The molecule has 0 saturated heterocycles. The number of hydrogen-bond donors (Lipinski definition) is 0. The third-order valence-electron chi connectivity index (χ3n) is 11.6. The van der Waals surface area contributed by atoms with E-state index in [-0.39, 0.29) is 5.92 Å². The van der Waals surface area contributed by atoms with Crippen molar-refractivity contribution in [1.82, 2.24) is 9.97 Å². The van der Waals surface area contributed by atoms with Gasteiger partial charge in [-0.3, -0.25) is 4.90 Å². The van der Waals surface area contributed by atoms with Crippen LogP contribution >= 0.6 is 0 Å². The fourth-order valence-electron chi connectivity index (χ4n) is 9.06. The van der Waals surface area contributed by atoms with Crippen LogP contribution in [0.25, 0.3) is 66.1 Å². The van der Waals surface area contributed by atoms with Crippen LogP contribution in [0.2, 0.25) is 0 Å². The molecule has 7 aromatic carbocycles. The van der Waals surface area contributed by atoms with Crippen LogP contribution in [0.15, 0.2) is 151 Å². The van der Waals surface area contributed by atoms with E-state index in [1.165, 1.54) is 83.0 Å². The van der Waals surface area contributed by atoms with Gasteiger partial charge in [0.25, 0.3) is 0 Å². The number of fused-ring (bicyclic) bond motifs is 7. The minimum atomic E-state index is 0.200. The molecule has 254 valence electrons. The average molecular weight is 682 g/mol. The molecule has 10 rings (SSSR count). The Morgan fingerprint density at radius 1 is 0.566 bits per heavy atom. The van der Waals surface area contributed by atoms with Gasteiger partial charge in [0.2, 0.25) is 0 Å². The summed E-state index contributed by atoms with van der Waals surface area (Å²) in [5.74, 6) is 1.07. The van der Waals surface area contributed by atoms with Crippen LogP contribution in [0.5, 0.6) is 0 Å². The number of anilines is 2. The van der Waals surface area contributed by atoms with Crippen molar-refractivity contribution in [3.05, 3.63) is 179 Å². The van der Waals surface area contributed by atoms with E-state index >= 15 is 0 Å². The van der Waals surface area contributed by atoms with Gasteiger partial charge in [-0.2, -0.15) is 0 Å². The second kappa shape index (κ2) is 12.1. The van der Waals surface area contributed by atoms with E-state index in [9.17, 15) is 0 Å². The van der Waals surface area contributed by atoms with Crippen LogP contribution in [-0.2, 0) is 0 Å². The molecule has 2 heterocycles. The number of rotatable bonds is 4. The summed E-state index contributed by atoms with van der Waals surface area (Å²) >= 11 is 0. The van der Waals surface area contributed by atoms with Crippen LogP contribution in [0, 0.1) is 27.7 Å². The Bertz CT molecular complexity index is 2880. The maximum absolute atomic E-state index is 5.57. The number of benzene rings is 7. The molecular formula is C50H39N3. The number of allylic oxidation sites excluding steroid dienone is 4. The molecule has 1 atom stereocenters. The van der Waals surface area contributed by atoms with Gasteiger partial charge in [-0.25, -0.2) is 9.97 Å². The minimum absolute atomic E-state index is 0.200. The lowest BCUT2D eigenvalue weighted by Crippen LogP contribution is -2.18. The molecule has 2 aliphatic rings. The molecule has 0 radical (unpaired) electrons. The molecule has 0 spiro atoms. The highest BCUT2D eigenvalue weighted by Crippen LogP contribution is 2.58. The lowest BCUT2D eigenvalue weighted by molar-refractivity contribution is 0.822. The van der Waals surface area contributed by atoms with Gasteiger partial charge in [0.1, 0.15) is 5.69 Å². The molecule has 1 aliphatic carbocycles. The predicted molar refractivity (Wildman–Crippen MR) is 223 cm³/mol. The zero-order valence-electron chi connectivity index (χ0n) is 30.5. The second-order valence-electron chi connectivity index (χ2n) is 14.6. The van der Waals surface area contributed by atoms with Crippen molar-refractivity contribution < 1.29 is 0 Å². The number of aromatic nitrogens is 2. The van der Waals surface area contributed by atoms with Crippen LogP contribution in [0.1, 0.15) is 40.2 Å². The molecule has 1 aliphatic heterocycles. The van der Waals surface area contributed by atoms with E-state index < -0.39 is 0 Å². The van der Waals surface area contributed by atoms with Crippen LogP contribution < -0.4 is 4.90 Å². The highest BCUT2D eigenvalue weighted by Gasteiger charge is 2.41. The number of para-hydroxylation sites is 2. The average Bonchev–Trinajstić information content (AvgIpc) is 3.54.